The Morgan fingerprint density at radius 2 is 2.40 bits per heavy atom. The Hall–Kier alpha value is -0.985. The summed E-state index contributed by atoms with van der Waals surface area (Å²) in [4.78, 5) is 4.05. The van der Waals surface area contributed by atoms with Crippen molar-refractivity contribution in [2.75, 3.05) is 0 Å². The Balaban J connectivity index is 3.17. The summed E-state index contributed by atoms with van der Waals surface area (Å²) in [7, 11) is 7.41. The van der Waals surface area contributed by atoms with Gasteiger partial charge in [0.15, 0.2) is 0 Å². The van der Waals surface area contributed by atoms with Crippen LogP contribution in [0.15, 0.2) is 12.8 Å². The third-order valence-corrected chi connectivity index (χ3v) is 1.41. The Morgan fingerprint density at radius 1 is 1.80 bits per heavy atom. The zero-order chi connectivity index (χ0) is 7.72. The van der Waals surface area contributed by atoms with Crippen LogP contribution in [-0.4, -0.2) is 17.4 Å². The number of allylic oxidation sites excluding steroid dienone is 1. The van der Waals surface area contributed by atoms with E-state index in [2.05, 4.69) is 11.6 Å². The van der Waals surface area contributed by atoms with E-state index in [-0.39, 0.29) is 0 Å². The van der Waals surface area contributed by atoms with E-state index in [0.29, 0.717) is 5.59 Å². The molecule has 1 heterocycles. The van der Waals surface area contributed by atoms with Crippen LogP contribution < -0.4 is 5.59 Å². The van der Waals surface area contributed by atoms with Gasteiger partial charge in [-0.2, -0.15) is 0 Å². The van der Waals surface area contributed by atoms with Crippen LogP contribution in [0.1, 0.15) is 12.7 Å². The topological polar surface area (TPSA) is 17.8 Å². The van der Waals surface area contributed by atoms with Gasteiger partial charge in [-0.05, 0) is 18.1 Å². The maximum atomic E-state index is 5.54. The number of imidazole rings is 1. The normalized spacial score (nSPS) is 9.80. The highest BCUT2D eigenvalue weighted by atomic mass is 15.0. The van der Waals surface area contributed by atoms with Gasteiger partial charge in [0.25, 0.3) is 0 Å². The van der Waals surface area contributed by atoms with E-state index in [0.717, 1.165) is 11.4 Å². The summed E-state index contributed by atoms with van der Waals surface area (Å²) in [6.07, 6.45) is 1.63. The van der Waals surface area contributed by atoms with Crippen molar-refractivity contribution in [3.63, 3.8) is 0 Å². The van der Waals surface area contributed by atoms with Gasteiger partial charge in [0.05, 0.1) is 0 Å². The summed E-state index contributed by atoms with van der Waals surface area (Å²) in [6.45, 7) is 5.67. The van der Waals surface area contributed by atoms with Crippen molar-refractivity contribution in [2.24, 2.45) is 7.05 Å². The van der Waals surface area contributed by atoms with E-state index in [4.69, 9.17) is 7.85 Å². The van der Waals surface area contributed by atoms with Crippen molar-refractivity contribution < 1.29 is 0 Å². The standard InChI is InChI=1S/C7H9BN2/c1-5(2)7-9-4-6(8)10(7)3/h4H,1H2,2-3H3. The second kappa shape index (κ2) is 2.33. The quantitative estimate of drug-likeness (QED) is 0.500. The molecule has 0 atom stereocenters. The van der Waals surface area contributed by atoms with Gasteiger partial charge in [-0.3, -0.25) is 0 Å². The first-order valence-corrected chi connectivity index (χ1v) is 3.06. The van der Waals surface area contributed by atoms with Crippen molar-refractivity contribution >= 4 is 19.0 Å². The van der Waals surface area contributed by atoms with Gasteiger partial charge in [0.1, 0.15) is 13.7 Å². The predicted molar refractivity (Wildman–Crippen MR) is 43.3 cm³/mol. The van der Waals surface area contributed by atoms with E-state index in [1.807, 2.05) is 18.5 Å². The Morgan fingerprint density at radius 3 is 2.60 bits per heavy atom. The number of hydrogen-bond donors (Lipinski definition) is 0. The van der Waals surface area contributed by atoms with Crippen LogP contribution in [0.4, 0.5) is 0 Å². The second-order valence-corrected chi connectivity index (χ2v) is 2.35. The minimum absolute atomic E-state index is 0.665. The first-order valence-electron chi connectivity index (χ1n) is 3.06. The summed E-state index contributed by atoms with van der Waals surface area (Å²) < 4.78 is 1.81. The van der Waals surface area contributed by atoms with Crippen LogP contribution >= 0.6 is 0 Å². The lowest BCUT2D eigenvalue weighted by atomic mass is 10.1. The molecular weight excluding hydrogens is 123 g/mol. The molecule has 1 aromatic heterocycles. The second-order valence-electron chi connectivity index (χ2n) is 2.35. The van der Waals surface area contributed by atoms with Crippen LogP contribution in [0.3, 0.4) is 0 Å². The fourth-order valence-corrected chi connectivity index (χ4v) is 0.819. The molecule has 0 spiro atoms. The van der Waals surface area contributed by atoms with Crippen LogP contribution in [-0.2, 0) is 7.05 Å². The summed E-state index contributed by atoms with van der Waals surface area (Å²) >= 11 is 0. The molecular formula is C7H9BN2. The molecule has 0 aromatic carbocycles. The summed E-state index contributed by atoms with van der Waals surface area (Å²) in [6, 6.07) is 0. The van der Waals surface area contributed by atoms with Crippen LogP contribution in [0, 0.1) is 0 Å². The minimum Gasteiger partial charge on any atom is -0.342 e. The van der Waals surface area contributed by atoms with Gasteiger partial charge in [-0.1, -0.05) is 6.58 Å². The molecule has 0 unspecified atom stereocenters. The zero-order valence-electron chi connectivity index (χ0n) is 6.26. The fourth-order valence-electron chi connectivity index (χ4n) is 0.819. The van der Waals surface area contributed by atoms with Crippen molar-refractivity contribution in [1.82, 2.24) is 9.55 Å². The van der Waals surface area contributed by atoms with Gasteiger partial charge >= 0.3 is 0 Å². The molecule has 2 radical (unpaired) electrons. The number of hydrogen-bond acceptors (Lipinski definition) is 1. The lowest BCUT2D eigenvalue weighted by Crippen LogP contribution is -2.13. The lowest BCUT2D eigenvalue weighted by Gasteiger charge is -2.00. The molecule has 1 rings (SSSR count). The molecule has 3 heteroatoms. The third kappa shape index (κ3) is 0.990. The molecule has 50 valence electrons. The molecule has 0 N–H and O–H groups in total. The molecule has 10 heavy (non-hydrogen) atoms. The number of nitrogens with zero attached hydrogens (tertiary/aromatic N) is 2. The van der Waals surface area contributed by atoms with Gasteiger partial charge in [-0.15, -0.1) is 0 Å². The molecule has 0 aliphatic carbocycles. The molecule has 1 aromatic rings. The van der Waals surface area contributed by atoms with Crippen molar-refractivity contribution in [1.29, 1.82) is 0 Å². The van der Waals surface area contributed by atoms with Gasteiger partial charge in [0, 0.05) is 13.2 Å². The Labute approximate surface area is 62.0 Å². The molecule has 0 aliphatic rings. The van der Waals surface area contributed by atoms with E-state index in [1.54, 1.807) is 6.20 Å². The van der Waals surface area contributed by atoms with E-state index in [9.17, 15) is 0 Å². The van der Waals surface area contributed by atoms with Gasteiger partial charge < -0.3 is 4.57 Å². The minimum atomic E-state index is 0.665. The highest BCUT2D eigenvalue weighted by Crippen LogP contribution is 2.04. The van der Waals surface area contributed by atoms with Crippen molar-refractivity contribution in [3.05, 3.63) is 18.6 Å². The van der Waals surface area contributed by atoms with Gasteiger partial charge in [0.2, 0.25) is 0 Å². The number of aromatic nitrogens is 2. The third-order valence-electron chi connectivity index (χ3n) is 1.41. The Bertz CT molecular complexity index is 263. The maximum Gasteiger partial charge on any atom is 0.141 e. The highest BCUT2D eigenvalue weighted by molar-refractivity contribution is 6.30. The van der Waals surface area contributed by atoms with Crippen molar-refractivity contribution in [3.8, 4) is 0 Å². The summed E-state index contributed by atoms with van der Waals surface area (Å²) in [5.41, 5.74) is 1.59. The van der Waals surface area contributed by atoms with Crippen molar-refractivity contribution in [2.45, 2.75) is 6.92 Å². The molecule has 2 nitrogen and oxygen atoms in total. The largest absolute Gasteiger partial charge is 0.342 e. The van der Waals surface area contributed by atoms with Crippen LogP contribution in [0.2, 0.25) is 0 Å². The zero-order valence-corrected chi connectivity index (χ0v) is 6.26. The van der Waals surface area contributed by atoms with E-state index >= 15 is 0 Å². The van der Waals surface area contributed by atoms with Gasteiger partial charge in [-0.25, -0.2) is 4.98 Å². The predicted octanol–water partition coefficient (Wildman–Crippen LogP) is 0.247. The summed E-state index contributed by atoms with van der Waals surface area (Å²) in [5.74, 6) is 0.845. The average molecular weight is 132 g/mol. The average Bonchev–Trinajstić information content (AvgIpc) is 2.14. The highest BCUT2D eigenvalue weighted by Gasteiger charge is 2.00. The maximum absolute atomic E-state index is 5.54. The first kappa shape index (κ1) is 7.13. The van der Waals surface area contributed by atoms with E-state index in [1.165, 1.54) is 0 Å². The number of rotatable bonds is 1. The molecule has 0 amide bonds. The monoisotopic (exact) mass is 132 g/mol. The molecule has 0 bridgehead atoms. The SMILES string of the molecule is [B]c1cnc(C(=C)C)n1C. The van der Waals surface area contributed by atoms with E-state index < -0.39 is 0 Å². The molecule has 0 aliphatic heterocycles. The molecule has 0 fully saturated rings. The van der Waals surface area contributed by atoms with Crippen LogP contribution in [0.5, 0.6) is 0 Å². The van der Waals surface area contributed by atoms with Crippen LogP contribution in [0.25, 0.3) is 5.57 Å². The lowest BCUT2D eigenvalue weighted by molar-refractivity contribution is 0.913. The molecule has 0 saturated carbocycles. The summed E-state index contributed by atoms with van der Waals surface area (Å²) in [5, 5.41) is 0. The fraction of sp³-hybridized carbons (Fsp3) is 0.286. The smallest absolute Gasteiger partial charge is 0.141 e. The Kier molecular flexibility index (Phi) is 1.66. The molecule has 0 saturated heterocycles. The first-order chi connectivity index (χ1) is 4.63.